The lowest BCUT2D eigenvalue weighted by Crippen LogP contribution is -2.75. The molecule has 79 heavy (non-hydrogen) atoms. The smallest absolute Gasteiger partial charge is 0.252 e. The van der Waals surface area contributed by atoms with Crippen LogP contribution >= 0.6 is 0 Å². The van der Waals surface area contributed by atoms with Gasteiger partial charge in [0.25, 0.3) is 26.9 Å². The molecule has 7 heterocycles. The summed E-state index contributed by atoms with van der Waals surface area (Å²) in [5.41, 5.74) is 38.6. The molecule has 18 rings (SSSR count). The third-order valence-corrected chi connectivity index (χ3v) is 18.9. The van der Waals surface area contributed by atoms with Gasteiger partial charge in [-0.3, -0.25) is 0 Å². The Hall–Kier alpha value is -9.12. The van der Waals surface area contributed by atoms with Gasteiger partial charge in [-0.1, -0.05) is 197 Å². The quantitative estimate of drug-likeness (QED) is 0.165. The van der Waals surface area contributed by atoms with Crippen molar-refractivity contribution >= 4 is 144 Å². The molecule has 0 radical (unpaired) electrons. The van der Waals surface area contributed by atoms with E-state index in [1.165, 1.54) is 167 Å². The number of fused-ring (bicyclic) bond motifs is 20. The number of ether oxygens (including phenoxy) is 1. The Morgan fingerprint density at radius 1 is 0.266 bits per heavy atom. The van der Waals surface area contributed by atoms with Gasteiger partial charge in [0.15, 0.2) is 0 Å². The average Bonchev–Trinajstić information content (AvgIpc) is 3.65. The van der Waals surface area contributed by atoms with E-state index in [1.807, 2.05) is 0 Å². The number of anilines is 9. The van der Waals surface area contributed by atoms with E-state index >= 15 is 0 Å². The molecule has 7 aliphatic heterocycles. The summed E-state index contributed by atoms with van der Waals surface area (Å²) in [5, 5.41) is 0. The van der Waals surface area contributed by atoms with Crippen LogP contribution in [0.3, 0.4) is 0 Å². The first kappa shape index (κ1) is 43.9. The molecular formula is C71H49B4N3O. The van der Waals surface area contributed by atoms with Crippen LogP contribution in [0.5, 0.6) is 11.5 Å². The van der Waals surface area contributed by atoms with Gasteiger partial charge in [-0.05, 0) is 153 Å². The van der Waals surface area contributed by atoms with Gasteiger partial charge in [0.05, 0.1) is 0 Å². The standard InChI is InChI=1S/C71H49B4N3O/c1-40-24-30-58-53(34-40)72-49-20-12-14-22-57(49)77-62-39-64-56(75(52-21-13-15-23-63(52)79-64)65-43(4)32-42(3)33-44(65)5)38-55(62)74-51-29-27-48(46-18-10-7-11-19-46)37-61(51)78-60-36-47(45-16-8-6-9-17-45)26-28-50(60)73-54-35-41(2)25-31-59(54)76(58)69-66(72)70(77)68(74)71(78)67(69)73/h6-39H,1-5H3. The summed E-state index contributed by atoms with van der Waals surface area (Å²) in [7, 11) is 0. The highest BCUT2D eigenvalue weighted by atomic mass is 16.5. The fourth-order valence-corrected chi connectivity index (χ4v) is 16.0. The molecule has 7 aliphatic rings. The zero-order chi connectivity index (χ0) is 52.3. The highest BCUT2D eigenvalue weighted by Crippen LogP contribution is 2.52. The van der Waals surface area contributed by atoms with Gasteiger partial charge in [-0.25, -0.2) is 0 Å². The van der Waals surface area contributed by atoms with Gasteiger partial charge >= 0.3 is 0 Å². The number of hydrogen-bond donors (Lipinski definition) is 0. The zero-order valence-electron chi connectivity index (χ0n) is 44.7. The number of rotatable bonds is 3. The molecule has 0 fully saturated rings. The lowest BCUT2D eigenvalue weighted by Gasteiger charge is -2.56. The molecule has 0 unspecified atom stereocenters. The second-order valence-corrected chi connectivity index (χ2v) is 23.4. The highest BCUT2D eigenvalue weighted by molar-refractivity contribution is 7.09. The number of para-hydroxylation sites is 2. The number of aryl methyl sites for hydroxylation is 5. The molecule has 0 amide bonds. The Morgan fingerprint density at radius 2 is 0.696 bits per heavy atom. The third kappa shape index (κ3) is 5.68. The first-order valence-corrected chi connectivity index (χ1v) is 28.1. The van der Waals surface area contributed by atoms with Crippen LogP contribution < -0.4 is 85.0 Å². The van der Waals surface area contributed by atoms with Crippen LogP contribution in [0.4, 0.5) is 51.2 Å². The van der Waals surface area contributed by atoms with Gasteiger partial charge in [0.2, 0.25) is 0 Å². The molecule has 366 valence electrons. The van der Waals surface area contributed by atoms with Crippen molar-refractivity contribution in [3.8, 4) is 33.8 Å². The number of hydrogen-bond acceptors (Lipinski definition) is 4. The van der Waals surface area contributed by atoms with Crippen LogP contribution in [0, 0.1) is 34.6 Å². The average molecular weight is 1000 g/mol. The molecule has 0 aromatic heterocycles. The minimum absolute atomic E-state index is 0.00484. The van der Waals surface area contributed by atoms with E-state index in [9.17, 15) is 0 Å². The van der Waals surface area contributed by atoms with E-state index < -0.39 is 0 Å². The summed E-state index contributed by atoms with van der Waals surface area (Å²) < 4.78 is 7.29. The van der Waals surface area contributed by atoms with Crippen molar-refractivity contribution in [2.45, 2.75) is 34.6 Å². The molecule has 0 bridgehead atoms. The fraction of sp³-hybridized carbons (Fsp3) is 0.0704. The van der Waals surface area contributed by atoms with Crippen LogP contribution in [0.15, 0.2) is 206 Å². The van der Waals surface area contributed by atoms with E-state index in [1.54, 1.807) is 0 Å². The van der Waals surface area contributed by atoms with E-state index in [-0.39, 0.29) is 26.9 Å². The molecule has 0 saturated carbocycles. The van der Waals surface area contributed by atoms with Gasteiger partial charge < -0.3 is 19.4 Å². The molecule has 11 aromatic rings. The summed E-state index contributed by atoms with van der Waals surface area (Å²) in [4.78, 5) is 8.12. The first-order chi connectivity index (χ1) is 38.8. The van der Waals surface area contributed by atoms with E-state index in [4.69, 9.17) is 4.74 Å². The van der Waals surface area contributed by atoms with E-state index in [0.717, 1.165) is 11.5 Å². The van der Waals surface area contributed by atoms with Crippen molar-refractivity contribution in [2.75, 3.05) is 14.7 Å². The second kappa shape index (κ2) is 15.5. The lowest BCUT2D eigenvalue weighted by atomic mass is 9.24. The second-order valence-electron chi connectivity index (χ2n) is 23.4. The minimum Gasteiger partial charge on any atom is -0.458 e. The van der Waals surface area contributed by atoms with Crippen LogP contribution in [0.1, 0.15) is 27.8 Å². The van der Waals surface area contributed by atoms with Gasteiger partial charge in [0, 0.05) is 57.3 Å². The Morgan fingerprint density at radius 3 is 1.27 bits per heavy atom. The lowest BCUT2D eigenvalue weighted by molar-refractivity contribution is 0.488. The Bertz CT molecular complexity index is 4570. The summed E-state index contributed by atoms with van der Waals surface area (Å²) in [6.45, 7) is 11.2. The predicted octanol–water partition coefficient (Wildman–Crippen LogP) is 9.02. The van der Waals surface area contributed by atoms with Crippen molar-refractivity contribution in [3.63, 3.8) is 0 Å². The topological polar surface area (TPSA) is 19.0 Å². The number of nitrogens with zero attached hydrogens (tertiary/aromatic N) is 3. The van der Waals surface area contributed by atoms with Crippen LogP contribution in [-0.4, -0.2) is 26.9 Å². The zero-order valence-corrected chi connectivity index (χ0v) is 44.7. The minimum atomic E-state index is -0.117. The third-order valence-electron chi connectivity index (χ3n) is 18.9. The van der Waals surface area contributed by atoms with Crippen molar-refractivity contribution in [3.05, 3.63) is 234 Å². The molecule has 8 heteroatoms. The summed E-state index contributed by atoms with van der Waals surface area (Å²) in [6, 6.07) is 79.1. The summed E-state index contributed by atoms with van der Waals surface area (Å²) in [6.07, 6.45) is 0. The van der Waals surface area contributed by atoms with Gasteiger partial charge in [-0.15, -0.1) is 0 Å². The molecular weight excluding hydrogens is 954 g/mol. The van der Waals surface area contributed by atoms with Gasteiger partial charge in [0.1, 0.15) is 11.5 Å². The summed E-state index contributed by atoms with van der Waals surface area (Å²) >= 11 is 0. The predicted molar refractivity (Wildman–Crippen MR) is 337 cm³/mol. The molecule has 0 saturated heterocycles. The van der Waals surface area contributed by atoms with Crippen molar-refractivity contribution in [1.82, 2.24) is 0 Å². The first-order valence-electron chi connectivity index (χ1n) is 28.1. The summed E-state index contributed by atoms with van der Waals surface area (Å²) in [5.74, 6) is 1.84. The maximum Gasteiger partial charge on any atom is 0.252 e. The van der Waals surface area contributed by atoms with E-state index in [0.29, 0.717) is 0 Å². The van der Waals surface area contributed by atoms with Crippen LogP contribution in [0.2, 0.25) is 0 Å². The molecule has 0 aliphatic carbocycles. The van der Waals surface area contributed by atoms with E-state index in [2.05, 4.69) is 256 Å². The molecule has 0 atom stereocenters. The molecule has 4 nitrogen and oxygen atoms in total. The molecule has 11 aromatic carbocycles. The van der Waals surface area contributed by atoms with Crippen LogP contribution in [0.25, 0.3) is 22.3 Å². The Balaban J connectivity index is 1.03. The largest absolute Gasteiger partial charge is 0.458 e. The van der Waals surface area contributed by atoms with Gasteiger partial charge in [-0.2, -0.15) is 0 Å². The Kier molecular flexibility index (Phi) is 8.64. The normalized spacial score (nSPS) is 14.3. The fourth-order valence-electron chi connectivity index (χ4n) is 16.0. The van der Waals surface area contributed by atoms with Crippen molar-refractivity contribution in [1.29, 1.82) is 0 Å². The highest BCUT2D eigenvalue weighted by Gasteiger charge is 2.58. The maximum absolute atomic E-state index is 7.29. The van der Waals surface area contributed by atoms with Crippen LogP contribution in [-0.2, 0) is 0 Å². The van der Waals surface area contributed by atoms with Crippen molar-refractivity contribution < 1.29 is 4.74 Å². The molecule has 0 spiro atoms. The van der Waals surface area contributed by atoms with Crippen molar-refractivity contribution in [2.24, 2.45) is 0 Å². The Labute approximate surface area is 462 Å². The SMILES string of the molecule is Cc1cc(C)c(B2c3ccccc3Oc3cc4c(cc32)B2c3ccc(-c5ccccc5)cc3N3c5cc(-c6ccccc6)ccc5B5c6cc(C)ccc6N6c7ccc(C)cc7B7c8ccccc8N4c4c7c6c5c3c42)c(C)c1. The number of benzene rings is 11. The maximum atomic E-state index is 7.29. The monoisotopic (exact) mass is 1000 g/mol. The molecule has 0 N–H and O–H groups in total.